The Labute approximate surface area is 186 Å². The van der Waals surface area contributed by atoms with E-state index in [1.54, 1.807) is 60.7 Å². The van der Waals surface area contributed by atoms with Gasteiger partial charge in [0.15, 0.2) is 0 Å². The van der Waals surface area contributed by atoms with Crippen LogP contribution in [0.25, 0.3) is 0 Å². The number of phenols is 1. The van der Waals surface area contributed by atoms with E-state index in [1.165, 1.54) is 0 Å². The van der Waals surface area contributed by atoms with Crippen LogP contribution in [0.3, 0.4) is 0 Å². The van der Waals surface area contributed by atoms with E-state index < -0.39 is 10.0 Å². The largest absolute Gasteiger partial charge is 0.508 e. The van der Waals surface area contributed by atoms with E-state index in [9.17, 15) is 13.5 Å². The highest BCUT2D eigenvalue weighted by atomic mass is 32.2. The molecule has 0 aliphatic heterocycles. The summed E-state index contributed by atoms with van der Waals surface area (Å²) in [5.41, 5.74) is 3.26. The molecule has 0 unspecified atom stereocenters. The Kier molecular flexibility index (Phi) is 6.00. The zero-order valence-corrected chi connectivity index (χ0v) is 18.1. The molecule has 164 valence electrons. The number of aromatic nitrogens is 2. The van der Waals surface area contributed by atoms with E-state index in [4.69, 9.17) is 0 Å². The van der Waals surface area contributed by atoms with Crippen LogP contribution >= 0.6 is 0 Å². The number of nitrogens with one attached hydrogen (secondary N) is 4. The molecule has 0 aliphatic rings. The average Bonchev–Trinajstić information content (AvgIpc) is 3.22. The van der Waals surface area contributed by atoms with Crippen molar-refractivity contribution in [2.75, 3.05) is 15.4 Å². The molecule has 0 spiro atoms. The Bertz CT molecular complexity index is 1280. The summed E-state index contributed by atoms with van der Waals surface area (Å²) in [5, 5.41) is 22.8. The number of sulfonamides is 1. The van der Waals surface area contributed by atoms with Crippen molar-refractivity contribution in [1.82, 2.24) is 10.2 Å². The average molecular weight is 450 g/mol. The fraction of sp³-hybridized carbons (Fsp3) is 0.0870. The van der Waals surface area contributed by atoms with Crippen LogP contribution in [-0.4, -0.2) is 23.7 Å². The number of rotatable bonds is 8. The molecule has 4 rings (SSSR count). The van der Waals surface area contributed by atoms with Crippen molar-refractivity contribution < 1.29 is 13.5 Å². The van der Waals surface area contributed by atoms with Crippen LogP contribution < -0.4 is 15.4 Å². The maximum Gasteiger partial charge on any atom is 0.261 e. The third-order valence-electron chi connectivity index (χ3n) is 4.74. The molecule has 0 amide bonds. The van der Waals surface area contributed by atoms with Crippen LogP contribution in [0.4, 0.5) is 23.0 Å². The van der Waals surface area contributed by atoms with Gasteiger partial charge in [-0.05, 0) is 61.0 Å². The van der Waals surface area contributed by atoms with E-state index in [0.29, 0.717) is 23.9 Å². The van der Waals surface area contributed by atoms with Crippen LogP contribution in [0.15, 0.2) is 83.8 Å². The van der Waals surface area contributed by atoms with Crippen LogP contribution in [-0.2, 0) is 16.6 Å². The maximum atomic E-state index is 12.5. The summed E-state index contributed by atoms with van der Waals surface area (Å²) in [7, 11) is -3.64. The van der Waals surface area contributed by atoms with Crippen LogP contribution in [0.1, 0.15) is 11.1 Å². The molecule has 5 N–H and O–H groups in total. The van der Waals surface area contributed by atoms with Gasteiger partial charge in [0.2, 0.25) is 0 Å². The maximum absolute atomic E-state index is 12.5. The van der Waals surface area contributed by atoms with Crippen molar-refractivity contribution in [3.05, 3.63) is 90.0 Å². The van der Waals surface area contributed by atoms with Gasteiger partial charge in [-0.2, -0.15) is 5.10 Å². The van der Waals surface area contributed by atoms with E-state index >= 15 is 0 Å². The summed E-state index contributed by atoms with van der Waals surface area (Å²) in [5.74, 6) is 1.59. The van der Waals surface area contributed by atoms with Crippen molar-refractivity contribution in [2.24, 2.45) is 0 Å². The highest BCUT2D eigenvalue weighted by Crippen LogP contribution is 2.22. The zero-order chi connectivity index (χ0) is 22.6. The summed E-state index contributed by atoms with van der Waals surface area (Å²) in [6, 6.07) is 22.4. The lowest BCUT2D eigenvalue weighted by molar-refractivity contribution is 0.475. The number of hydrogen-bond donors (Lipinski definition) is 5. The molecule has 1 aromatic heterocycles. The fourth-order valence-corrected chi connectivity index (χ4v) is 4.05. The molecule has 32 heavy (non-hydrogen) atoms. The normalized spacial score (nSPS) is 11.2. The minimum Gasteiger partial charge on any atom is -0.508 e. The molecule has 4 aromatic rings. The Morgan fingerprint density at radius 3 is 2.25 bits per heavy atom. The lowest BCUT2D eigenvalue weighted by Crippen LogP contribution is -2.12. The molecular formula is C23H23N5O3S. The van der Waals surface area contributed by atoms with E-state index in [-0.39, 0.29) is 10.6 Å². The summed E-state index contributed by atoms with van der Waals surface area (Å²) < 4.78 is 27.6. The number of aromatic hydroxyl groups is 1. The second kappa shape index (κ2) is 9.03. The van der Waals surface area contributed by atoms with Gasteiger partial charge in [-0.1, -0.05) is 29.8 Å². The number of anilines is 4. The van der Waals surface area contributed by atoms with Crippen molar-refractivity contribution in [3.63, 3.8) is 0 Å². The minimum absolute atomic E-state index is 0.218. The number of H-pyrrole nitrogens is 1. The van der Waals surface area contributed by atoms with E-state index in [1.807, 2.05) is 25.1 Å². The Hall–Kier alpha value is -3.98. The number of phenolic OH excluding ortho intramolecular Hbond substituents is 1. The first kappa shape index (κ1) is 21.3. The lowest BCUT2D eigenvalue weighted by Gasteiger charge is -2.09. The van der Waals surface area contributed by atoms with E-state index in [2.05, 4.69) is 25.6 Å². The van der Waals surface area contributed by atoms with E-state index in [0.717, 1.165) is 16.8 Å². The van der Waals surface area contributed by atoms with Crippen LogP contribution in [0.5, 0.6) is 5.75 Å². The third-order valence-corrected chi connectivity index (χ3v) is 6.13. The first-order valence-electron chi connectivity index (χ1n) is 9.91. The molecule has 1 heterocycles. The zero-order valence-electron chi connectivity index (χ0n) is 17.3. The third kappa shape index (κ3) is 5.38. The molecule has 8 nitrogen and oxygen atoms in total. The molecule has 0 bridgehead atoms. The number of hydrogen-bond acceptors (Lipinski definition) is 6. The Balaban J connectivity index is 1.34. The molecule has 0 fully saturated rings. The van der Waals surface area contributed by atoms with Gasteiger partial charge >= 0.3 is 0 Å². The van der Waals surface area contributed by atoms with Gasteiger partial charge in [-0.3, -0.25) is 9.82 Å². The first-order valence-corrected chi connectivity index (χ1v) is 11.4. The van der Waals surface area contributed by atoms with Gasteiger partial charge in [-0.15, -0.1) is 0 Å². The van der Waals surface area contributed by atoms with Crippen LogP contribution in [0.2, 0.25) is 0 Å². The summed E-state index contributed by atoms with van der Waals surface area (Å²) >= 11 is 0. The van der Waals surface area contributed by atoms with Gasteiger partial charge in [0, 0.05) is 24.0 Å². The smallest absolute Gasteiger partial charge is 0.261 e. The molecule has 3 aromatic carbocycles. The van der Waals surface area contributed by atoms with Gasteiger partial charge in [0.05, 0.1) is 4.90 Å². The predicted octanol–water partition coefficient (Wildman–Crippen LogP) is 4.58. The topological polar surface area (TPSA) is 119 Å². The quantitative estimate of drug-likeness (QED) is 0.269. The fourth-order valence-electron chi connectivity index (χ4n) is 2.99. The minimum atomic E-state index is -3.64. The molecule has 0 aliphatic carbocycles. The number of nitrogens with zero attached hydrogens (tertiary/aromatic N) is 1. The molecular weight excluding hydrogens is 426 g/mol. The molecule has 0 atom stereocenters. The first-order chi connectivity index (χ1) is 15.4. The number of aromatic amines is 1. The summed E-state index contributed by atoms with van der Waals surface area (Å²) in [4.78, 5) is 0.218. The van der Waals surface area contributed by atoms with Gasteiger partial charge in [-0.25, -0.2) is 8.42 Å². The van der Waals surface area contributed by atoms with Gasteiger partial charge < -0.3 is 15.7 Å². The predicted molar refractivity (Wildman–Crippen MR) is 126 cm³/mol. The Morgan fingerprint density at radius 1 is 0.906 bits per heavy atom. The highest BCUT2D eigenvalue weighted by Gasteiger charge is 2.13. The SMILES string of the molecule is Cc1ccc(S(=O)(=O)Nc2ccc(Nc3cc(NCc4ccc(O)cc4)n[nH]3)cc2)cc1. The second-order valence-electron chi connectivity index (χ2n) is 7.31. The monoisotopic (exact) mass is 449 g/mol. The van der Waals surface area contributed by atoms with Crippen molar-refractivity contribution >= 4 is 33.0 Å². The number of benzene rings is 3. The molecule has 0 saturated heterocycles. The van der Waals surface area contributed by atoms with Crippen LogP contribution in [0, 0.1) is 6.92 Å². The molecule has 0 radical (unpaired) electrons. The highest BCUT2D eigenvalue weighted by molar-refractivity contribution is 7.92. The summed E-state index contributed by atoms with van der Waals surface area (Å²) in [6.07, 6.45) is 0. The number of aryl methyl sites for hydroxylation is 1. The van der Waals surface area contributed by atoms with Gasteiger partial charge in [0.1, 0.15) is 17.4 Å². The summed E-state index contributed by atoms with van der Waals surface area (Å²) in [6.45, 7) is 2.48. The van der Waals surface area contributed by atoms with Crippen molar-refractivity contribution in [3.8, 4) is 5.75 Å². The molecule has 9 heteroatoms. The second-order valence-corrected chi connectivity index (χ2v) is 8.99. The lowest BCUT2D eigenvalue weighted by atomic mass is 10.2. The van der Waals surface area contributed by atoms with Gasteiger partial charge in [0.25, 0.3) is 10.0 Å². The van der Waals surface area contributed by atoms with Crippen molar-refractivity contribution in [2.45, 2.75) is 18.4 Å². The van der Waals surface area contributed by atoms with Crippen molar-refractivity contribution in [1.29, 1.82) is 0 Å². The Morgan fingerprint density at radius 2 is 1.56 bits per heavy atom. The molecule has 0 saturated carbocycles. The standard InChI is InChI=1S/C23H23N5O3S/c1-16-2-12-21(13-3-16)32(30,31)28-19-8-6-18(7-9-19)25-23-14-22(26-27-23)24-15-17-4-10-20(29)11-5-17/h2-14,28-29H,15H2,1H3,(H3,24,25,26,27).